The van der Waals surface area contributed by atoms with Crippen LogP contribution in [0.3, 0.4) is 0 Å². The average Bonchev–Trinajstić information content (AvgIpc) is 2.60. The fraction of sp³-hybridized carbons (Fsp3) is 0.385. The third kappa shape index (κ3) is 2.68. The van der Waals surface area contributed by atoms with E-state index in [4.69, 9.17) is 5.11 Å². The van der Waals surface area contributed by atoms with E-state index in [0.717, 1.165) is 16.8 Å². The number of nitrogens with one attached hydrogen (secondary N) is 1. The molecule has 0 atom stereocenters. The summed E-state index contributed by atoms with van der Waals surface area (Å²) in [5, 5.41) is 11.6. The third-order valence-electron chi connectivity index (χ3n) is 3.07. The van der Waals surface area contributed by atoms with Crippen molar-refractivity contribution in [1.82, 2.24) is 5.32 Å². The smallest absolute Gasteiger partial charge is 0.304 e. The van der Waals surface area contributed by atoms with Crippen LogP contribution in [0.4, 0.5) is 5.69 Å². The molecule has 1 aliphatic rings. The van der Waals surface area contributed by atoms with Gasteiger partial charge in [-0.2, -0.15) is 0 Å². The molecule has 0 fully saturated rings. The fourth-order valence-electron chi connectivity index (χ4n) is 2.06. The van der Waals surface area contributed by atoms with Crippen LogP contribution in [0.15, 0.2) is 18.2 Å². The molecule has 0 aliphatic carbocycles. The number of amides is 1. The number of hydrogen-bond acceptors (Lipinski definition) is 3. The molecule has 0 aromatic heterocycles. The summed E-state index contributed by atoms with van der Waals surface area (Å²) in [6, 6.07) is 5.90. The molecule has 1 aromatic rings. The number of carbonyl (C=O) groups is 2. The SMILES string of the molecule is CN1C(=O)Cc2cc(CNCCC(=O)O)ccc21. The second kappa shape index (κ2) is 5.18. The molecule has 18 heavy (non-hydrogen) atoms. The van der Waals surface area contributed by atoms with Gasteiger partial charge >= 0.3 is 5.97 Å². The van der Waals surface area contributed by atoms with Crippen LogP contribution in [0.25, 0.3) is 0 Å². The molecular formula is C13H16N2O3. The van der Waals surface area contributed by atoms with Crippen LogP contribution >= 0.6 is 0 Å². The minimum Gasteiger partial charge on any atom is -0.481 e. The van der Waals surface area contributed by atoms with Gasteiger partial charge in [0, 0.05) is 25.8 Å². The normalized spacial score (nSPS) is 13.8. The number of hydrogen-bond donors (Lipinski definition) is 2. The number of anilines is 1. The molecular weight excluding hydrogens is 232 g/mol. The molecule has 1 heterocycles. The van der Waals surface area contributed by atoms with E-state index < -0.39 is 5.97 Å². The summed E-state index contributed by atoms with van der Waals surface area (Å²) < 4.78 is 0. The quantitative estimate of drug-likeness (QED) is 0.755. The van der Waals surface area contributed by atoms with Crippen molar-refractivity contribution in [2.45, 2.75) is 19.4 Å². The Morgan fingerprint density at radius 2 is 2.28 bits per heavy atom. The van der Waals surface area contributed by atoms with Crippen molar-refractivity contribution in [3.05, 3.63) is 29.3 Å². The fourth-order valence-corrected chi connectivity index (χ4v) is 2.06. The number of rotatable bonds is 5. The number of nitrogens with zero attached hydrogens (tertiary/aromatic N) is 1. The zero-order chi connectivity index (χ0) is 13.1. The first-order chi connectivity index (χ1) is 8.58. The standard InChI is InChI=1S/C13H16N2O3/c1-15-11-3-2-9(6-10(11)7-12(15)16)8-14-5-4-13(17)18/h2-3,6,14H,4-5,7-8H2,1H3,(H,17,18). The molecule has 0 unspecified atom stereocenters. The molecule has 1 amide bonds. The van der Waals surface area contributed by atoms with E-state index in [-0.39, 0.29) is 12.3 Å². The maximum atomic E-state index is 11.5. The number of aliphatic carboxylic acids is 1. The number of likely N-dealkylation sites (N-methyl/N-ethyl adjacent to an activating group) is 1. The molecule has 0 saturated heterocycles. The molecule has 1 aliphatic heterocycles. The van der Waals surface area contributed by atoms with E-state index in [1.54, 1.807) is 11.9 Å². The van der Waals surface area contributed by atoms with Gasteiger partial charge in [-0.15, -0.1) is 0 Å². The van der Waals surface area contributed by atoms with Crippen molar-refractivity contribution in [3.8, 4) is 0 Å². The lowest BCUT2D eigenvalue weighted by Gasteiger charge is -2.10. The van der Waals surface area contributed by atoms with Crippen molar-refractivity contribution in [2.24, 2.45) is 0 Å². The number of fused-ring (bicyclic) bond motifs is 1. The number of benzene rings is 1. The second-order valence-electron chi connectivity index (χ2n) is 4.41. The number of carbonyl (C=O) groups excluding carboxylic acids is 1. The predicted octanol–water partition coefficient (Wildman–Crippen LogP) is 0.770. The number of carboxylic acid groups (broad SMARTS) is 1. The summed E-state index contributed by atoms with van der Waals surface area (Å²) >= 11 is 0. The van der Waals surface area contributed by atoms with Crippen LogP contribution in [-0.4, -0.2) is 30.6 Å². The Labute approximate surface area is 105 Å². The minimum absolute atomic E-state index is 0.112. The first-order valence-electron chi connectivity index (χ1n) is 5.89. The van der Waals surface area contributed by atoms with Crippen molar-refractivity contribution in [1.29, 1.82) is 0 Å². The first kappa shape index (κ1) is 12.6. The van der Waals surface area contributed by atoms with Gasteiger partial charge in [0.1, 0.15) is 0 Å². The molecule has 1 aromatic carbocycles. The van der Waals surface area contributed by atoms with Gasteiger partial charge in [-0.25, -0.2) is 0 Å². The lowest BCUT2D eigenvalue weighted by molar-refractivity contribution is -0.136. The average molecular weight is 248 g/mol. The summed E-state index contributed by atoms with van der Waals surface area (Å²) in [6.07, 6.45) is 0.570. The summed E-state index contributed by atoms with van der Waals surface area (Å²) in [5.41, 5.74) is 3.08. The van der Waals surface area contributed by atoms with Gasteiger partial charge in [0.15, 0.2) is 0 Å². The Morgan fingerprint density at radius 1 is 1.50 bits per heavy atom. The van der Waals surface area contributed by atoms with Crippen LogP contribution in [0.1, 0.15) is 17.5 Å². The molecule has 0 saturated carbocycles. The Balaban J connectivity index is 1.94. The van der Waals surface area contributed by atoms with Crippen molar-refractivity contribution in [2.75, 3.05) is 18.5 Å². The van der Waals surface area contributed by atoms with Crippen LogP contribution in [-0.2, 0) is 22.6 Å². The van der Waals surface area contributed by atoms with Crippen LogP contribution in [0, 0.1) is 0 Å². The summed E-state index contributed by atoms with van der Waals surface area (Å²) in [4.78, 5) is 23.5. The van der Waals surface area contributed by atoms with E-state index >= 15 is 0 Å². The molecule has 0 radical (unpaired) electrons. The molecule has 96 valence electrons. The summed E-state index contributed by atoms with van der Waals surface area (Å²) in [5.74, 6) is -0.690. The van der Waals surface area contributed by atoms with E-state index in [0.29, 0.717) is 19.5 Å². The second-order valence-corrected chi connectivity index (χ2v) is 4.41. The topological polar surface area (TPSA) is 69.6 Å². The summed E-state index contributed by atoms with van der Waals surface area (Å²) in [6.45, 7) is 1.07. The zero-order valence-corrected chi connectivity index (χ0v) is 10.3. The molecule has 2 rings (SSSR count). The van der Waals surface area contributed by atoms with Crippen molar-refractivity contribution >= 4 is 17.6 Å². The highest BCUT2D eigenvalue weighted by Gasteiger charge is 2.23. The van der Waals surface area contributed by atoms with Gasteiger partial charge in [0.25, 0.3) is 0 Å². The van der Waals surface area contributed by atoms with Gasteiger partial charge in [0.05, 0.1) is 12.8 Å². The zero-order valence-electron chi connectivity index (χ0n) is 10.3. The van der Waals surface area contributed by atoms with Gasteiger partial charge in [-0.3, -0.25) is 9.59 Å². The largest absolute Gasteiger partial charge is 0.481 e. The van der Waals surface area contributed by atoms with Crippen molar-refractivity contribution < 1.29 is 14.7 Å². The maximum Gasteiger partial charge on any atom is 0.304 e. The molecule has 2 N–H and O–H groups in total. The Kier molecular flexibility index (Phi) is 3.62. The monoisotopic (exact) mass is 248 g/mol. The molecule has 5 heteroatoms. The van der Waals surface area contributed by atoms with Crippen LogP contribution in [0.5, 0.6) is 0 Å². The van der Waals surface area contributed by atoms with Crippen molar-refractivity contribution in [3.63, 3.8) is 0 Å². The minimum atomic E-state index is -0.802. The van der Waals surface area contributed by atoms with E-state index in [1.165, 1.54) is 0 Å². The summed E-state index contributed by atoms with van der Waals surface area (Å²) in [7, 11) is 1.78. The lowest BCUT2D eigenvalue weighted by atomic mass is 10.1. The highest BCUT2D eigenvalue weighted by atomic mass is 16.4. The lowest BCUT2D eigenvalue weighted by Crippen LogP contribution is -2.20. The Morgan fingerprint density at radius 3 is 3.00 bits per heavy atom. The van der Waals surface area contributed by atoms with Crippen LogP contribution in [0.2, 0.25) is 0 Å². The van der Waals surface area contributed by atoms with E-state index in [1.807, 2.05) is 18.2 Å². The van der Waals surface area contributed by atoms with Gasteiger partial charge in [-0.05, 0) is 17.2 Å². The first-order valence-corrected chi connectivity index (χ1v) is 5.89. The highest BCUT2D eigenvalue weighted by Crippen LogP contribution is 2.28. The third-order valence-corrected chi connectivity index (χ3v) is 3.07. The van der Waals surface area contributed by atoms with Crippen LogP contribution < -0.4 is 10.2 Å². The van der Waals surface area contributed by atoms with Gasteiger partial charge in [-0.1, -0.05) is 12.1 Å². The molecule has 0 bridgehead atoms. The number of carboxylic acids is 1. The Bertz CT molecular complexity index is 485. The molecule has 5 nitrogen and oxygen atoms in total. The Hall–Kier alpha value is -1.88. The van der Waals surface area contributed by atoms with Gasteiger partial charge < -0.3 is 15.3 Å². The van der Waals surface area contributed by atoms with E-state index in [9.17, 15) is 9.59 Å². The van der Waals surface area contributed by atoms with Gasteiger partial charge in [0.2, 0.25) is 5.91 Å². The molecule has 0 spiro atoms. The predicted molar refractivity (Wildman–Crippen MR) is 67.5 cm³/mol. The maximum absolute atomic E-state index is 11.5. The van der Waals surface area contributed by atoms with E-state index in [2.05, 4.69) is 5.32 Å². The highest BCUT2D eigenvalue weighted by molar-refractivity contribution is 6.00.